The van der Waals surface area contributed by atoms with Crippen LogP contribution >= 0.6 is 11.3 Å². The third kappa shape index (κ3) is 12.0. The van der Waals surface area contributed by atoms with Crippen molar-refractivity contribution in [2.75, 3.05) is 11.9 Å². The van der Waals surface area contributed by atoms with Crippen molar-refractivity contribution >= 4 is 34.8 Å². The molecule has 4 aromatic rings. The van der Waals surface area contributed by atoms with Gasteiger partial charge < -0.3 is 20.1 Å². The van der Waals surface area contributed by atoms with Crippen LogP contribution in [0.5, 0.6) is 0 Å². The molecular weight excluding hydrogens is 639 g/mol. The van der Waals surface area contributed by atoms with Crippen molar-refractivity contribution in [2.24, 2.45) is 0 Å². The molecule has 1 aromatic carbocycles. The van der Waals surface area contributed by atoms with E-state index in [1.165, 1.54) is 11.3 Å². The number of nitrogens with zero attached hydrogens (tertiary/aromatic N) is 5. The molecule has 11 nitrogen and oxygen atoms in total. The number of ether oxygens (including phenoxy) is 2. The fourth-order valence-corrected chi connectivity index (χ4v) is 5.92. The van der Waals surface area contributed by atoms with Crippen molar-refractivity contribution in [3.05, 3.63) is 70.1 Å². The number of hydrogen-bond donors (Lipinski definition) is 2. The van der Waals surface area contributed by atoms with Gasteiger partial charge in [0.1, 0.15) is 10.5 Å². The summed E-state index contributed by atoms with van der Waals surface area (Å²) in [5.74, 6) is 0.180. The third-order valence-electron chi connectivity index (χ3n) is 7.52. The van der Waals surface area contributed by atoms with Crippen LogP contribution in [0.4, 0.5) is 11.6 Å². The molecule has 1 atom stereocenters. The van der Waals surface area contributed by atoms with E-state index < -0.39 is 5.60 Å². The first-order chi connectivity index (χ1) is 23.2. The number of amides is 1. The summed E-state index contributed by atoms with van der Waals surface area (Å²) in [4.78, 5) is 39.0. The highest BCUT2D eigenvalue weighted by Gasteiger charge is 2.21. The van der Waals surface area contributed by atoms with E-state index in [1.807, 2.05) is 56.8 Å². The van der Waals surface area contributed by atoms with Gasteiger partial charge >= 0.3 is 5.97 Å². The van der Waals surface area contributed by atoms with Crippen LogP contribution in [-0.2, 0) is 32.8 Å². The molecule has 0 bridgehead atoms. The van der Waals surface area contributed by atoms with E-state index in [0.717, 1.165) is 58.8 Å². The highest BCUT2D eigenvalue weighted by molar-refractivity contribution is 7.13. The van der Waals surface area contributed by atoms with E-state index in [9.17, 15) is 9.59 Å². The Labute approximate surface area is 294 Å². The Hall–Kier alpha value is -4.16. The summed E-state index contributed by atoms with van der Waals surface area (Å²) >= 11 is 1.43. The van der Waals surface area contributed by atoms with E-state index in [1.54, 1.807) is 18.6 Å². The lowest BCUT2D eigenvalue weighted by Gasteiger charge is -2.20. The molecule has 0 aliphatic heterocycles. The first-order valence-corrected chi connectivity index (χ1v) is 17.8. The Kier molecular flexibility index (Phi) is 13.0. The molecule has 2 N–H and O–H groups in total. The van der Waals surface area contributed by atoms with Crippen molar-refractivity contribution in [3.8, 4) is 11.3 Å². The lowest BCUT2D eigenvalue weighted by molar-refractivity contribution is -0.155. The lowest BCUT2D eigenvalue weighted by Crippen LogP contribution is -2.24. The molecule has 0 spiro atoms. The largest absolute Gasteiger partial charge is 0.460 e. The van der Waals surface area contributed by atoms with E-state index in [2.05, 4.69) is 59.5 Å². The van der Waals surface area contributed by atoms with Crippen molar-refractivity contribution in [1.29, 1.82) is 0 Å². The summed E-state index contributed by atoms with van der Waals surface area (Å²) in [7, 11) is 0. The first-order valence-electron chi connectivity index (χ1n) is 17.0. The smallest absolute Gasteiger partial charge is 0.306 e. The summed E-state index contributed by atoms with van der Waals surface area (Å²) in [6.07, 6.45) is 10.8. The molecule has 49 heavy (non-hydrogen) atoms. The van der Waals surface area contributed by atoms with Crippen LogP contribution in [-0.4, -0.2) is 54.9 Å². The number of hydrogen-bond acceptors (Lipinski definition) is 10. The van der Waals surface area contributed by atoms with Crippen LogP contribution in [0.25, 0.3) is 11.3 Å². The molecular formula is C37H51N7O4S. The SMILES string of the molecule is CCCOC(CCCCC(=O)OC(C)(C)C)Cn1cc(Nc2nccc(-c3ccc(CNC(=O)c4cnc(C(C)(C)C)s4)c(C)c3)n2)cn1. The number of nitrogens with one attached hydrogen (secondary N) is 2. The van der Waals surface area contributed by atoms with E-state index in [4.69, 9.17) is 14.5 Å². The van der Waals surface area contributed by atoms with Gasteiger partial charge in [0.15, 0.2) is 0 Å². The second-order valence-corrected chi connectivity index (χ2v) is 15.3. The standard InChI is InChI=1S/C37H51N7O4S/c1-9-18-47-29(12-10-11-13-32(45)48-37(6,7)8)24-44-23-28(21-41-44)42-35-38-17-16-30(43-35)26-14-15-27(25(2)19-26)20-39-33(46)31-22-40-34(49-31)36(3,4)5/h14-17,19,21-23,29H,9-13,18,20,24H2,1-8H3,(H,39,46)(H,38,42,43). The van der Waals surface area contributed by atoms with Crippen molar-refractivity contribution < 1.29 is 19.1 Å². The zero-order valence-corrected chi connectivity index (χ0v) is 30.9. The quantitative estimate of drug-likeness (QED) is 0.0894. The Morgan fingerprint density at radius 2 is 1.84 bits per heavy atom. The first kappa shape index (κ1) is 37.7. The lowest BCUT2D eigenvalue weighted by atomic mass is 9.98. The van der Waals surface area contributed by atoms with Crippen LogP contribution in [0.1, 0.15) is 106 Å². The topological polar surface area (TPSA) is 133 Å². The van der Waals surface area contributed by atoms with Gasteiger partial charge in [-0.25, -0.2) is 15.0 Å². The molecule has 12 heteroatoms. The molecule has 3 aromatic heterocycles. The van der Waals surface area contributed by atoms with Crippen molar-refractivity contribution in [1.82, 2.24) is 30.0 Å². The number of carbonyl (C=O) groups is 2. The highest BCUT2D eigenvalue weighted by atomic mass is 32.1. The number of aryl methyl sites for hydroxylation is 1. The predicted octanol–water partition coefficient (Wildman–Crippen LogP) is 7.77. The van der Waals surface area contributed by atoms with Gasteiger partial charge in [0.2, 0.25) is 5.95 Å². The third-order valence-corrected chi connectivity index (χ3v) is 8.94. The van der Waals surface area contributed by atoms with Crippen LogP contribution < -0.4 is 10.6 Å². The van der Waals surface area contributed by atoms with Crippen LogP contribution in [0, 0.1) is 6.92 Å². The number of aromatic nitrogens is 5. The summed E-state index contributed by atoms with van der Waals surface area (Å²) in [6.45, 7) is 17.7. The number of carbonyl (C=O) groups excluding carboxylic acids is 2. The van der Waals surface area contributed by atoms with Gasteiger partial charge in [-0.15, -0.1) is 11.3 Å². The molecule has 1 amide bonds. The summed E-state index contributed by atoms with van der Waals surface area (Å²) in [6, 6.07) is 7.97. The maximum absolute atomic E-state index is 12.8. The molecule has 4 rings (SSSR count). The Morgan fingerprint density at radius 1 is 1.04 bits per heavy atom. The summed E-state index contributed by atoms with van der Waals surface area (Å²) in [5.41, 5.74) is 4.03. The second kappa shape index (κ2) is 17.0. The molecule has 0 aliphatic rings. The van der Waals surface area contributed by atoms with Crippen LogP contribution in [0.3, 0.4) is 0 Å². The fourth-order valence-electron chi connectivity index (χ4n) is 5.03. The van der Waals surface area contributed by atoms with Gasteiger partial charge in [-0.1, -0.05) is 46.2 Å². The molecule has 0 radical (unpaired) electrons. The molecule has 0 saturated carbocycles. The maximum Gasteiger partial charge on any atom is 0.306 e. The summed E-state index contributed by atoms with van der Waals surface area (Å²) < 4.78 is 13.4. The number of rotatable bonds is 16. The number of unbranched alkanes of at least 4 members (excludes halogenated alkanes) is 1. The molecule has 0 fully saturated rings. The van der Waals surface area contributed by atoms with Gasteiger partial charge in [0, 0.05) is 42.9 Å². The zero-order chi connectivity index (χ0) is 35.6. The number of thiazole rings is 1. The Bertz CT molecular complexity index is 1690. The van der Waals surface area contributed by atoms with E-state index in [0.29, 0.717) is 36.9 Å². The summed E-state index contributed by atoms with van der Waals surface area (Å²) in [5, 5.41) is 11.8. The van der Waals surface area contributed by atoms with Gasteiger partial charge in [0.05, 0.1) is 41.4 Å². The van der Waals surface area contributed by atoms with Gasteiger partial charge in [0.25, 0.3) is 5.91 Å². The van der Waals surface area contributed by atoms with Crippen molar-refractivity contribution in [2.45, 2.75) is 118 Å². The minimum absolute atomic E-state index is 0.0144. The molecule has 0 aliphatic carbocycles. The average Bonchev–Trinajstić information content (AvgIpc) is 3.71. The maximum atomic E-state index is 12.8. The second-order valence-electron chi connectivity index (χ2n) is 14.3. The molecule has 3 heterocycles. The van der Waals surface area contributed by atoms with Crippen LogP contribution in [0.2, 0.25) is 0 Å². The molecule has 264 valence electrons. The van der Waals surface area contributed by atoms with E-state index >= 15 is 0 Å². The monoisotopic (exact) mass is 689 g/mol. The fraction of sp³-hybridized carbons (Fsp3) is 0.514. The predicted molar refractivity (Wildman–Crippen MR) is 194 cm³/mol. The Balaban J connectivity index is 1.31. The van der Waals surface area contributed by atoms with E-state index in [-0.39, 0.29) is 23.4 Å². The zero-order valence-electron chi connectivity index (χ0n) is 30.1. The van der Waals surface area contributed by atoms with Gasteiger partial charge in [-0.2, -0.15) is 5.10 Å². The van der Waals surface area contributed by atoms with Crippen LogP contribution in [0.15, 0.2) is 49.1 Å². The normalized spacial score (nSPS) is 12.5. The van der Waals surface area contributed by atoms with Crippen molar-refractivity contribution in [3.63, 3.8) is 0 Å². The average molecular weight is 690 g/mol. The minimum atomic E-state index is -0.464. The minimum Gasteiger partial charge on any atom is -0.460 e. The number of anilines is 2. The van der Waals surface area contributed by atoms with Gasteiger partial charge in [-0.3, -0.25) is 14.3 Å². The number of esters is 1. The highest BCUT2D eigenvalue weighted by Crippen LogP contribution is 2.27. The molecule has 0 saturated heterocycles. The van der Waals surface area contributed by atoms with Gasteiger partial charge in [-0.05, 0) is 70.2 Å². The number of benzene rings is 1. The Morgan fingerprint density at radius 3 is 2.53 bits per heavy atom. The molecule has 1 unspecified atom stereocenters.